The third-order valence-corrected chi connectivity index (χ3v) is 6.21. The molecule has 0 amide bonds. The molecule has 0 radical (unpaired) electrons. The van der Waals surface area contributed by atoms with Crippen molar-refractivity contribution in [3.63, 3.8) is 0 Å². The van der Waals surface area contributed by atoms with Crippen LogP contribution in [0.15, 0.2) is 67.1 Å². The maximum Gasteiger partial charge on any atom is 0.157 e. The number of nitrogens with zero attached hydrogens (tertiary/aromatic N) is 6. The summed E-state index contributed by atoms with van der Waals surface area (Å²) in [6.45, 7) is 11.6. The topological polar surface area (TPSA) is 49.6 Å². The van der Waals surface area contributed by atoms with Crippen LogP contribution in [0, 0.1) is 0 Å². The van der Waals surface area contributed by atoms with E-state index in [-0.39, 0.29) is 5.41 Å². The van der Waals surface area contributed by atoms with E-state index < -0.39 is 0 Å². The molecule has 0 spiro atoms. The Bertz CT molecular complexity index is 1180. The molecule has 1 aliphatic rings. The van der Waals surface area contributed by atoms with Gasteiger partial charge in [-0.25, -0.2) is 4.98 Å². The minimum Gasteiger partial charge on any atom is -0.354 e. The molecule has 5 rings (SSSR count). The number of anilines is 1. The van der Waals surface area contributed by atoms with Crippen molar-refractivity contribution in [2.75, 3.05) is 31.1 Å². The molecule has 1 fully saturated rings. The summed E-state index contributed by atoms with van der Waals surface area (Å²) in [6.07, 6.45) is 5.62. The smallest absolute Gasteiger partial charge is 0.157 e. The molecule has 1 aliphatic heterocycles. The fourth-order valence-electron chi connectivity index (χ4n) is 4.30. The molecular weight excluding hydrogens is 396 g/mol. The number of hydrogen-bond acceptors (Lipinski definition) is 5. The molecule has 0 unspecified atom stereocenters. The summed E-state index contributed by atoms with van der Waals surface area (Å²) < 4.78 is 1.96. The highest BCUT2D eigenvalue weighted by Crippen LogP contribution is 2.28. The highest BCUT2D eigenvalue weighted by Gasteiger charge is 2.21. The van der Waals surface area contributed by atoms with Crippen LogP contribution in [0.1, 0.15) is 31.9 Å². The van der Waals surface area contributed by atoms with Gasteiger partial charge in [0.25, 0.3) is 0 Å². The van der Waals surface area contributed by atoms with Crippen LogP contribution in [0.4, 0.5) is 5.82 Å². The van der Waals surface area contributed by atoms with Crippen molar-refractivity contribution < 1.29 is 0 Å². The summed E-state index contributed by atoms with van der Waals surface area (Å²) in [5, 5.41) is 4.55. The molecule has 6 nitrogen and oxygen atoms in total. The second-order valence-electron chi connectivity index (χ2n) is 9.55. The van der Waals surface area contributed by atoms with E-state index in [2.05, 4.69) is 77.1 Å². The fraction of sp³-hybridized carbons (Fsp3) is 0.346. The lowest BCUT2D eigenvalue weighted by molar-refractivity contribution is 0.248. The van der Waals surface area contributed by atoms with Crippen LogP contribution in [-0.4, -0.2) is 50.7 Å². The Labute approximate surface area is 189 Å². The van der Waals surface area contributed by atoms with Crippen LogP contribution in [0.3, 0.4) is 0 Å². The number of hydrogen-bond donors (Lipinski definition) is 0. The van der Waals surface area contributed by atoms with Crippen LogP contribution >= 0.6 is 0 Å². The van der Waals surface area contributed by atoms with E-state index in [4.69, 9.17) is 4.98 Å². The normalized spacial score (nSPS) is 15.4. The van der Waals surface area contributed by atoms with Gasteiger partial charge in [-0.15, -0.1) is 0 Å². The number of rotatable bonds is 4. The lowest BCUT2D eigenvalue weighted by atomic mass is 9.86. The van der Waals surface area contributed by atoms with Crippen molar-refractivity contribution >= 4 is 11.5 Å². The molecule has 6 heteroatoms. The summed E-state index contributed by atoms with van der Waals surface area (Å²) in [4.78, 5) is 14.0. The van der Waals surface area contributed by atoms with Gasteiger partial charge in [0.05, 0.1) is 11.9 Å². The second-order valence-corrected chi connectivity index (χ2v) is 9.55. The largest absolute Gasteiger partial charge is 0.354 e. The number of benzene rings is 1. The van der Waals surface area contributed by atoms with Crippen LogP contribution in [-0.2, 0) is 12.0 Å². The van der Waals surface area contributed by atoms with E-state index in [9.17, 15) is 0 Å². The minimum atomic E-state index is 0.141. The SMILES string of the molecule is CC(C)(C)c1ccc(-c2cc(N3CCN(Cc4cccnc4)CC3)n3nccc3n2)cc1. The highest BCUT2D eigenvalue weighted by molar-refractivity contribution is 5.67. The van der Waals surface area contributed by atoms with Crippen LogP contribution in [0.25, 0.3) is 16.9 Å². The zero-order valence-corrected chi connectivity index (χ0v) is 19.1. The van der Waals surface area contributed by atoms with Crippen molar-refractivity contribution in [3.05, 3.63) is 78.2 Å². The maximum absolute atomic E-state index is 4.88. The highest BCUT2D eigenvalue weighted by atomic mass is 15.4. The molecule has 1 aromatic carbocycles. The first-order chi connectivity index (χ1) is 15.5. The van der Waals surface area contributed by atoms with Gasteiger partial charge in [-0.05, 0) is 22.6 Å². The average Bonchev–Trinajstić information content (AvgIpc) is 3.28. The molecule has 0 saturated carbocycles. The zero-order chi connectivity index (χ0) is 22.1. The van der Waals surface area contributed by atoms with Crippen molar-refractivity contribution in [2.24, 2.45) is 0 Å². The Hall–Kier alpha value is -3.25. The second kappa shape index (κ2) is 8.36. The Morgan fingerprint density at radius 2 is 1.69 bits per heavy atom. The van der Waals surface area contributed by atoms with E-state index in [1.807, 2.05) is 35.2 Å². The first-order valence-corrected chi connectivity index (χ1v) is 11.3. The molecule has 0 N–H and O–H groups in total. The molecule has 4 aromatic rings. The molecular formula is C26H30N6. The Morgan fingerprint density at radius 1 is 0.906 bits per heavy atom. The molecule has 0 aliphatic carbocycles. The van der Waals surface area contributed by atoms with Crippen molar-refractivity contribution in [3.8, 4) is 11.3 Å². The molecule has 164 valence electrons. The zero-order valence-electron chi connectivity index (χ0n) is 19.1. The fourth-order valence-corrected chi connectivity index (χ4v) is 4.30. The number of aromatic nitrogens is 4. The minimum absolute atomic E-state index is 0.141. The van der Waals surface area contributed by atoms with Gasteiger partial charge < -0.3 is 4.90 Å². The summed E-state index contributed by atoms with van der Waals surface area (Å²) in [5.74, 6) is 1.11. The number of fused-ring (bicyclic) bond motifs is 1. The van der Waals surface area contributed by atoms with Crippen molar-refractivity contribution in [2.45, 2.75) is 32.7 Å². The van der Waals surface area contributed by atoms with Gasteiger partial charge in [-0.1, -0.05) is 51.1 Å². The Balaban J connectivity index is 1.38. The lowest BCUT2D eigenvalue weighted by Gasteiger charge is -2.36. The predicted octanol–water partition coefficient (Wildman–Crippen LogP) is 4.41. The van der Waals surface area contributed by atoms with Gasteiger partial charge in [-0.3, -0.25) is 9.88 Å². The van der Waals surface area contributed by atoms with Crippen LogP contribution in [0.2, 0.25) is 0 Å². The van der Waals surface area contributed by atoms with Gasteiger partial charge >= 0.3 is 0 Å². The predicted molar refractivity (Wildman–Crippen MR) is 129 cm³/mol. The molecule has 0 bridgehead atoms. The van der Waals surface area contributed by atoms with Crippen molar-refractivity contribution in [1.29, 1.82) is 0 Å². The van der Waals surface area contributed by atoms with Gasteiger partial charge in [-0.2, -0.15) is 9.61 Å². The molecule has 3 aromatic heterocycles. The van der Waals surface area contributed by atoms with Crippen LogP contribution in [0.5, 0.6) is 0 Å². The number of pyridine rings is 1. The van der Waals surface area contributed by atoms with E-state index in [1.165, 1.54) is 11.1 Å². The Kier molecular flexibility index (Phi) is 5.39. The van der Waals surface area contributed by atoms with Crippen LogP contribution < -0.4 is 4.90 Å². The third kappa shape index (κ3) is 4.23. The molecule has 0 atom stereocenters. The van der Waals surface area contributed by atoms with Gasteiger partial charge in [0.2, 0.25) is 0 Å². The van der Waals surface area contributed by atoms with E-state index >= 15 is 0 Å². The first kappa shape index (κ1) is 20.6. The standard InChI is InChI=1S/C26H30N6/c1-26(2,3)22-8-6-21(7-9-22)23-17-25(32-24(29-23)10-12-28-32)31-15-13-30(14-16-31)19-20-5-4-11-27-18-20/h4-12,17-18H,13-16,19H2,1-3H3. The quantitative estimate of drug-likeness (QED) is 0.484. The molecule has 1 saturated heterocycles. The Morgan fingerprint density at radius 3 is 2.38 bits per heavy atom. The summed E-state index contributed by atoms with van der Waals surface area (Å²) >= 11 is 0. The average molecular weight is 427 g/mol. The van der Waals surface area contributed by atoms with Gasteiger partial charge in [0.15, 0.2) is 5.65 Å². The molecule has 32 heavy (non-hydrogen) atoms. The molecule has 4 heterocycles. The van der Waals surface area contributed by atoms with E-state index in [0.717, 1.165) is 55.4 Å². The van der Waals surface area contributed by atoms with Gasteiger partial charge in [0, 0.05) is 62.8 Å². The van der Waals surface area contributed by atoms with E-state index in [0.29, 0.717) is 0 Å². The first-order valence-electron chi connectivity index (χ1n) is 11.3. The summed E-state index contributed by atoms with van der Waals surface area (Å²) in [5.41, 5.74) is 5.75. The third-order valence-electron chi connectivity index (χ3n) is 6.21. The summed E-state index contributed by atoms with van der Waals surface area (Å²) in [7, 11) is 0. The van der Waals surface area contributed by atoms with Gasteiger partial charge in [0.1, 0.15) is 5.82 Å². The monoisotopic (exact) mass is 426 g/mol. The lowest BCUT2D eigenvalue weighted by Crippen LogP contribution is -2.46. The number of piperazine rings is 1. The summed E-state index contributed by atoms with van der Waals surface area (Å²) in [6, 6.07) is 17.1. The van der Waals surface area contributed by atoms with E-state index in [1.54, 1.807) is 0 Å². The maximum atomic E-state index is 4.88. The van der Waals surface area contributed by atoms with Crippen molar-refractivity contribution in [1.82, 2.24) is 24.5 Å².